The van der Waals surface area contributed by atoms with Crippen LogP contribution in [0.15, 0.2) is 21.9 Å². The summed E-state index contributed by atoms with van der Waals surface area (Å²) in [5.74, 6) is 0.125. The number of nitrogens with one attached hydrogen (secondary N) is 1. The minimum atomic E-state index is -1.53. The third-order valence-electron chi connectivity index (χ3n) is 6.34. The quantitative estimate of drug-likeness (QED) is 0.450. The van der Waals surface area contributed by atoms with E-state index >= 15 is 0 Å². The fraction of sp³-hybridized carbons (Fsp3) is 0.571. The molecule has 1 aliphatic rings. The maximum absolute atomic E-state index is 12.8. The molecule has 0 unspecified atom stereocenters. The fourth-order valence-electron chi connectivity index (χ4n) is 4.32. The summed E-state index contributed by atoms with van der Waals surface area (Å²) in [5.41, 5.74) is 5.34. The van der Waals surface area contributed by atoms with Crippen molar-refractivity contribution in [1.29, 1.82) is 0 Å². The number of rotatable bonds is 6. The van der Waals surface area contributed by atoms with Crippen LogP contribution in [-0.4, -0.2) is 65.3 Å². The maximum atomic E-state index is 12.8. The van der Waals surface area contributed by atoms with Crippen molar-refractivity contribution in [3.63, 3.8) is 0 Å². The van der Waals surface area contributed by atoms with E-state index in [1.807, 2.05) is 13.8 Å². The van der Waals surface area contributed by atoms with Crippen LogP contribution < -0.4 is 17.0 Å². The number of aromatic nitrogens is 4. The van der Waals surface area contributed by atoms with Crippen LogP contribution in [0.1, 0.15) is 42.6 Å². The monoisotopic (exact) mass is 446 g/mol. The number of anilines is 1. The Morgan fingerprint density at radius 3 is 2.59 bits per heavy atom. The van der Waals surface area contributed by atoms with Gasteiger partial charge in [-0.3, -0.25) is 19.1 Å². The molecular formula is C21H30N6O5. The standard InChI is InChI=1S/C21H30N6O5/c1-12-15(13(2)24-19(22)23-12)4-5-18(30)26(3)14-6-8-21(32,16(28)10-14)11-27-9-7-17(29)25-20(27)31/h7,9,14,16,28,32H,4-6,8,10-11H2,1-3H3,(H2,22,23,24)(H,25,29,31)/t14-,16+,21+/m0/s1. The Balaban J connectivity index is 1.61. The molecule has 2 aromatic rings. The largest absolute Gasteiger partial charge is 0.390 e. The van der Waals surface area contributed by atoms with Gasteiger partial charge in [-0.05, 0) is 45.1 Å². The van der Waals surface area contributed by atoms with Crippen molar-refractivity contribution in [3.05, 3.63) is 50.1 Å². The van der Waals surface area contributed by atoms with E-state index in [2.05, 4.69) is 15.0 Å². The summed E-state index contributed by atoms with van der Waals surface area (Å²) < 4.78 is 1.17. The van der Waals surface area contributed by atoms with Gasteiger partial charge in [0.25, 0.3) is 5.56 Å². The highest BCUT2D eigenvalue weighted by Crippen LogP contribution is 2.32. The van der Waals surface area contributed by atoms with Gasteiger partial charge in [-0.15, -0.1) is 0 Å². The molecule has 3 rings (SSSR count). The number of aromatic amines is 1. The van der Waals surface area contributed by atoms with E-state index in [0.29, 0.717) is 12.8 Å². The molecule has 0 radical (unpaired) electrons. The SMILES string of the molecule is Cc1nc(N)nc(C)c1CCC(=O)N(C)[C@H]1CC[C@@](O)(Cn2ccc(=O)[nH]c2=O)[C@H](O)C1. The van der Waals surface area contributed by atoms with Crippen molar-refractivity contribution < 1.29 is 15.0 Å². The molecule has 11 nitrogen and oxygen atoms in total. The summed E-state index contributed by atoms with van der Waals surface area (Å²) in [6, 6.07) is 0.944. The number of aliphatic hydroxyl groups excluding tert-OH is 1. The lowest BCUT2D eigenvalue weighted by Crippen LogP contribution is -2.55. The van der Waals surface area contributed by atoms with E-state index in [1.165, 1.54) is 16.8 Å². The highest BCUT2D eigenvalue weighted by molar-refractivity contribution is 5.76. The number of amides is 1. The molecule has 0 bridgehead atoms. The minimum absolute atomic E-state index is 0.0832. The molecule has 0 spiro atoms. The average molecular weight is 447 g/mol. The Labute approximate surface area is 184 Å². The second kappa shape index (κ2) is 9.21. The number of hydrogen-bond donors (Lipinski definition) is 4. The zero-order valence-electron chi connectivity index (χ0n) is 18.5. The maximum Gasteiger partial charge on any atom is 0.328 e. The Bertz CT molecular complexity index is 1090. The molecular weight excluding hydrogens is 416 g/mol. The van der Waals surface area contributed by atoms with Crippen LogP contribution >= 0.6 is 0 Å². The van der Waals surface area contributed by atoms with Crippen molar-refractivity contribution in [2.24, 2.45) is 0 Å². The van der Waals surface area contributed by atoms with Crippen LogP contribution in [0.4, 0.5) is 5.95 Å². The van der Waals surface area contributed by atoms with E-state index in [4.69, 9.17) is 5.73 Å². The van der Waals surface area contributed by atoms with E-state index < -0.39 is 23.0 Å². The summed E-state index contributed by atoms with van der Waals surface area (Å²) in [6.45, 7) is 3.52. The summed E-state index contributed by atoms with van der Waals surface area (Å²) >= 11 is 0. The minimum Gasteiger partial charge on any atom is -0.390 e. The topological polar surface area (TPSA) is 167 Å². The van der Waals surface area contributed by atoms with Gasteiger partial charge in [0.15, 0.2) is 0 Å². The smallest absolute Gasteiger partial charge is 0.328 e. The number of H-pyrrole nitrogens is 1. The first-order valence-corrected chi connectivity index (χ1v) is 10.6. The number of aliphatic hydroxyl groups is 2. The molecule has 5 N–H and O–H groups in total. The lowest BCUT2D eigenvalue weighted by atomic mass is 9.79. The van der Waals surface area contributed by atoms with Gasteiger partial charge in [0.1, 0.15) is 5.60 Å². The van der Waals surface area contributed by atoms with Gasteiger partial charge in [-0.2, -0.15) is 0 Å². The Kier molecular flexibility index (Phi) is 6.79. The third-order valence-corrected chi connectivity index (χ3v) is 6.34. The Morgan fingerprint density at radius 2 is 2.00 bits per heavy atom. The molecule has 3 atom stereocenters. The van der Waals surface area contributed by atoms with Crippen molar-refractivity contribution >= 4 is 11.9 Å². The molecule has 1 fully saturated rings. The van der Waals surface area contributed by atoms with E-state index in [9.17, 15) is 24.6 Å². The predicted molar refractivity (Wildman–Crippen MR) is 117 cm³/mol. The second-order valence-electron chi connectivity index (χ2n) is 8.52. The molecule has 2 heterocycles. The summed E-state index contributed by atoms with van der Waals surface area (Å²) in [7, 11) is 1.69. The number of nitrogens with zero attached hydrogens (tertiary/aromatic N) is 4. The highest BCUT2D eigenvalue weighted by atomic mass is 16.3. The summed E-state index contributed by atoms with van der Waals surface area (Å²) in [6.07, 6.45) is 1.75. The molecule has 32 heavy (non-hydrogen) atoms. The Morgan fingerprint density at radius 1 is 1.34 bits per heavy atom. The second-order valence-corrected chi connectivity index (χ2v) is 8.52. The van der Waals surface area contributed by atoms with Crippen LogP contribution in [0.5, 0.6) is 0 Å². The van der Waals surface area contributed by atoms with Crippen molar-refractivity contribution in [3.8, 4) is 0 Å². The molecule has 0 aliphatic heterocycles. The first kappa shape index (κ1) is 23.6. The number of nitrogen functional groups attached to an aromatic ring is 1. The molecule has 1 amide bonds. The van der Waals surface area contributed by atoms with Crippen molar-refractivity contribution in [2.45, 2.75) is 70.2 Å². The van der Waals surface area contributed by atoms with Gasteiger partial charge in [0.05, 0.1) is 12.6 Å². The first-order valence-electron chi connectivity index (χ1n) is 10.6. The van der Waals surface area contributed by atoms with Crippen molar-refractivity contribution in [1.82, 2.24) is 24.4 Å². The molecule has 0 saturated heterocycles. The zero-order chi connectivity index (χ0) is 23.6. The fourth-order valence-corrected chi connectivity index (χ4v) is 4.32. The van der Waals surface area contributed by atoms with Crippen LogP contribution in [0.3, 0.4) is 0 Å². The normalized spacial score (nSPS) is 23.2. The van der Waals surface area contributed by atoms with E-state index in [1.54, 1.807) is 11.9 Å². The van der Waals surface area contributed by atoms with E-state index in [0.717, 1.165) is 17.0 Å². The van der Waals surface area contributed by atoms with Gasteiger partial charge in [0.2, 0.25) is 11.9 Å². The number of carbonyl (C=O) groups is 1. The van der Waals surface area contributed by atoms with Crippen LogP contribution in [0.2, 0.25) is 0 Å². The van der Waals surface area contributed by atoms with Crippen LogP contribution in [0.25, 0.3) is 0 Å². The molecule has 1 saturated carbocycles. The average Bonchev–Trinajstić information content (AvgIpc) is 2.71. The zero-order valence-corrected chi connectivity index (χ0v) is 18.5. The predicted octanol–water partition coefficient (Wildman–Crippen LogP) is -0.739. The molecule has 174 valence electrons. The molecule has 2 aromatic heterocycles. The number of hydrogen-bond acceptors (Lipinski definition) is 8. The Hall–Kier alpha value is -3.05. The molecule has 11 heteroatoms. The number of aryl methyl sites for hydroxylation is 2. The summed E-state index contributed by atoms with van der Waals surface area (Å²) in [4.78, 5) is 48.0. The lowest BCUT2D eigenvalue weighted by molar-refractivity contribution is -0.143. The van der Waals surface area contributed by atoms with Gasteiger partial charge in [-0.25, -0.2) is 14.8 Å². The molecule has 1 aliphatic carbocycles. The third kappa shape index (κ3) is 5.05. The first-order chi connectivity index (χ1) is 15.0. The van der Waals surface area contributed by atoms with E-state index in [-0.39, 0.29) is 43.7 Å². The van der Waals surface area contributed by atoms with Gasteiger partial charge < -0.3 is 20.8 Å². The highest BCUT2D eigenvalue weighted by Gasteiger charge is 2.43. The van der Waals surface area contributed by atoms with Crippen molar-refractivity contribution in [2.75, 3.05) is 12.8 Å². The van der Waals surface area contributed by atoms with Gasteiger partial charge >= 0.3 is 5.69 Å². The number of carbonyl (C=O) groups excluding carboxylic acids is 1. The molecule has 0 aromatic carbocycles. The van der Waals surface area contributed by atoms with Gasteiger partial charge in [0, 0.05) is 43.2 Å². The van der Waals surface area contributed by atoms with Crippen LogP contribution in [-0.2, 0) is 17.8 Å². The summed E-state index contributed by atoms with van der Waals surface area (Å²) in [5, 5.41) is 21.6. The lowest BCUT2D eigenvalue weighted by Gasteiger charge is -2.43. The number of nitrogens with two attached hydrogens (primary N) is 1. The van der Waals surface area contributed by atoms with Gasteiger partial charge in [-0.1, -0.05) is 0 Å². The van der Waals surface area contributed by atoms with Crippen LogP contribution in [0, 0.1) is 13.8 Å².